The van der Waals surface area contributed by atoms with Crippen LogP contribution >= 0.6 is 0 Å². The highest BCUT2D eigenvalue weighted by Crippen LogP contribution is 2.18. The van der Waals surface area contributed by atoms with Gasteiger partial charge in [0.2, 0.25) is 0 Å². The Balaban J connectivity index is 1.90. The maximum absolute atomic E-state index is 11.7. The number of hydrogen-bond donors (Lipinski definition) is 1. The summed E-state index contributed by atoms with van der Waals surface area (Å²) in [4.78, 5) is 16.4. The van der Waals surface area contributed by atoms with Crippen molar-refractivity contribution in [3.05, 3.63) is 29.8 Å². The van der Waals surface area contributed by atoms with Crippen molar-refractivity contribution in [2.75, 3.05) is 38.1 Å². The van der Waals surface area contributed by atoms with Crippen LogP contribution in [0.15, 0.2) is 24.3 Å². The molecule has 1 aromatic carbocycles. The highest BCUT2D eigenvalue weighted by Gasteiger charge is 2.16. The lowest BCUT2D eigenvalue weighted by Crippen LogP contribution is -2.44. The Morgan fingerprint density at radius 1 is 1.23 bits per heavy atom. The van der Waals surface area contributed by atoms with Crippen molar-refractivity contribution in [1.29, 1.82) is 0 Å². The molecule has 1 heterocycles. The average molecular weight is 305 g/mol. The first kappa shape index (κ1) is 16.6. The molecule has 1 fully saturated rings. The molecule has 22 heavy (non-hydrogen) atoms. The molecule has 0 unspecified atom stereocenters. The molecule has 2 rings (SSSR count). The van der Waals surface area contributed by atoms with Crippen LogP contribution in [0.1, 0.15) is 26.3 Å². The molecule has 122 valence electrons. The maximum atomic E-state index is 11.7. The average Bonchev–Trinajstić information content (AvgIpc) is 2.44. The predicted molar refractivity (Wildman–Crippen MR) is 89.2 cm³/mol. The summed E-state index contributed by atoms with van der Waals surface area (Å²) in [6.07, 6.45) is -0.377. The minimum Gasteiger partial charge on any atom is -0.444 e. The van der Waals surface area contributed by atoms with E-state index < -0.39 is 5.60 Å². The van der Waals surface area contributed by atoms with E-state index in [0.717, 1.165) is 31.7 Å². The zero-order valence-electron chi connectivity index (χ0n) is 14.1. The number of nitrogens with one attached hydrogen (secondary N) is 1. The van der Waals surface area contributed by atoms with E-state index >= 15 is 0 Å². The SMILES string of the molecule is CN1CCN(c2cccc(CNC(=O)OC(C)(C)C)c2)CC1. The second kappa shape index (κ2) is 7.01. The van der Waals surface area contributed by atoms with E-state index in [-0.39, 0.29) is 6.09 Å². The Kier molecular flexibility index (Phi) is 5.29. The summed E-state index contributed by atoms with van der Waals surface area (Å²) in [7, 11) is 2.15. The highest BCUT2D eigenvalue weighted by atomic mass is 16.6. The number of amides is 1. The molecule has 0 saturated carbocycles. The van der Waals surface area contributed by atoms with Crippen molar-refractivity contribution in [2.24, 2.45) is 0 Å². The zero-order chi connectivity index (χ0) is 16.2. The number of likely N-dealkylation sites (N-methyl/N-ethyl adjacent to an activating group) is 1. The van der Waals surface area contributed by atoms with Gasteiger partial charge in [0.05, 0.1) is 0 Å². The third-order valence-corrected chi connectivity index (χ3v) is 3.61. The molecule has 0 spiro atoms. The number of ether oxygens (including phenoxy) is 1. The molecule has 0 bridgehead atoms. The Morgan fingerprint density at radius 2 is 1.91 bits per heavy atom. The minimum atomic E-state index is -0.467. The van der Waals surface area contributed by atoms with Crippen LogP contribution in [0.25, 0.3) is 0 Å². The predicted octanol–water partition coefficient (Wildman–Crippen LogP) is 2.46. The van der Waals surface area contributed by atoms with Gasteiger partial charge < -0.3 is 19.9 Å². The van der Waals surface area contributed by atoms with Crippen LogP contribution in [0.3, 0.4) is 0 Å². The first-order valence-corrected chi connectivity index (χ1v) is 7.83. The maximum Gasteiger partial charge on any atom is 0.407 e. The molecule has 1 N–H and O–H groups in total. The Labute approximate surface area is 133 Å². The lowest BCUT2D eigenvalue weighted by molar-refractivity contribution is 0.0523. The van der Waals surface area contributed by atoms with Crippen molar-refractivity contribution >= 4 is 11.8 Å². The fraction of sp³-hybridized carbons (Fsp3) is 0.588. The number of piperazine rings is 1. The summed E-state index contributed by atoms with van der Waals surface area (Å²) < 4.78 is 5.25. The van der Waals surface area contributed by atoms with Crippen molar-refractivity contribution in [1.82, 2.24) is 10.2 Å². The summed E-state index contributed by atoms with van der Waals surface area (Å²) in [6, 6.07) is 8.34. The second-order valence-electron chi connectivity index (χ2n) is 6.82. The van der Waals surface area contributed by atoms with E-state index in [1.165, 1.54) is 5.69 Å². The fourth-order valence-corrected chi connectivity index (χ4v) is 2.42. The van der Waals surface area contributed by atoms with Crippen molar-refractivity contribution in [3.8, 4) is 0 Å². The van der Waals surface area contributed by atoms with Gasteiger partial charge in [-0.25, -0.2) is 4.79 Å². The summed E-state index contributed by atoms with van der Waals surface area (Å²) in [5.74, 6) is 0. The fourth-order valence-electron chi connectivity index (χ4n) is 2.42. The summed E-state index contributed by atoms with van der Waals surface area (Å²) >= 11 is 0. The largest absolute Gasteiger partial charge is 0.444 e. The molecule has 0 aliphatic carbocycles. The van der Waals surface area contributed by atoms with Gasteiger partial charge in [0.15, 0.2) is 0 Å². The topological polar surface area (TPSA) is 44.8 Å². The van der Waals surface area contributed by atoms with Crippen LogP contribution in [-0.4, -0.2) is 49.8 Å². The Morgan fingerprint density at radius 3 is 2.55 bits per heavy atom. The first-order chi connectivity index (χ1) is 10.3. The molecule has 1 aliphatic heterocycles. The number of carbonyl (C=O) groups excluding carboxylic acids is 1. The summed E-state index contributed by atoms with van der Waals surface area (Å²) in [6.45, 7) is 10.3. The van der Waals surface area contributed by atoms with Crippen molar-refractivity contribution < 1.29 is 9.53 Å². The second-order valence-corrected chi connectivity index (χ2v) is 6.82. The van der Waals surface area contributed by atoms with E-state index in [9.17, 15) is 4.79 Å². The summed E-state index contributed by atoms with van der Waals surface area (Å²) in [5, 5.41) is 2.80. The molecule has 1 saturated heterocycles. The number of nitrogens with zero attached hydrogens (tertiary/aromatic N) is 2. The van der Waals surface area contributed by atoms with Gasteiger partial charge in [-0.05, 0) is 45.5 Å². The molecule has 1 aromatic rings. The van der Waals surface area contributed by atoms with Crippen LogP contribution in [0.2, 0.25) is 0 Å². The van der Waals surface area contributed by atoms with E-state index in [2.05, 4.69) is 34.3 Å². The number of alkyl carbamates (subject to hydrolysis) is 1. The molecular weight excluding hydrogens is 278 g/mol. The Bertz CT molecular complexity index is 503. The molecular formula is C17H27N3O2. The van der Waals surface area contributed by atoms with E-state index in [0.29, 0.717) is 6.54 Å². The zero-order valence-corrected chi connectivity index (χ0v) is 14.1. The molecule has 0 radical (unpaired) electrons. The van der Waals surface area contributed by atoms with Crippen LogP contribution in [0.4, 0.5) is 10.5 Å². The highest BCUT2D eigenvalue weighted by molar-refractivity contribution is 5.67. The molecule has 5 heteroatoms. The van der Waals surface area contributed by atoms with Gasteiger partial charge in [0.1, 0.15) is 5.60 Å². The number of anilines is 1. The van der Waals surface area contributed by atoms with Crippen molar-refractivity contribution in [2.45, 2.75) is 32.9 Å². The van der Waals surface area contributed by atoms with E-state index in [4.69, 9.17) is 4.74 Å². The van der Waals surface area contributed by atoms with Gasteiger partial charge in [0.25, 0.3) is 0 Å². The number of hydrogen-bond acceptors (Lipinski definition) is 4. The van der Waals surface area contributed by atoms with Gasteiger partial charge in [-0.2, -0.15) is 0 Å². The van der Waals surface area contributed by atoms with Crippen molar-refractivity contribution in [3.63, 3.8) is 0 Å². The number of carbonyl (C=O) groups is 1. The van der Waals surface area contributed by atoms with Crippen LogP contribution in [-0.2, 0) is 11.3 Å². The van der Waals surface area contributed by atoms with Crippen LogP contribution in [0.5, 0.6) is 0 Å². The number of benzene rings is 1. The molecule has 5 nitrogen and oxygen atoms in total. The van der Waals surface area contributed by atoms with Gasteiger partial charge in [-0.3, -0.25) is 0 Å². The minimum absolute atomic E-state index is 0.377. The lowest BCUT2D eigenvalue weighted by atomic mass is 10.1. The molecule has 0 atom stereocenters. The van der Waals surface area contributed by atoms with Gasteiger partial charge in [0, 0.05) is 38.4 Å². The number of rotatable bonds is 3. The Hall–Kier alpha value is -1.75. The standard InChI is InChI=1S/C17H27N3O2/c1-17(2,3)22-16(21)18-13-14-6-5-7-15(12-14)20-10-8-19(4)9-11-20/h5-7,12H,8-11,13H2,1-4H3,(H,18,21). The monoisotopic (exact) mass is 305 g/mol. The van der Waals surface area contributed by atoms with Gasteiger partial charge in [-0.15, -0.1) is 0 Å². The van der Waals surface area contributed by atoms with Crippen LogP contribution in [0, 0.1) is 0 Å². The normalized spacial score (nSPS) is 16.5. The third kappa shape index (κ3) is 5.22. The molecule has 1 amide bonds. The van der Waals surface area contributed by atoms with Gasteiger partial charge >= 0.3 is 6.09 Å². The molecule has 1 aliphatic rings. The third-order valence-electron chi connectivity index (χ3n) is 3.61. The smallest absolute Gasteiger partial charge is 0.407 e. The van der Waals surface area contributed by atoms with Gasteiger partial charge in [-0.1, -0.05) is 12.1 Å². The molecule has 0 aromatic heterocycles. The van der Waals surface area contributed by atoms with Crippen LogP contribution < -0.4 is 10.2 Å². The first-order valence-electron chi connectivity index (χ1n) is 7.83. The van der Waals surface area contributed by atoms with E-state index in [1.54, 1.807) is 0 Å². The quantitative estimate of drug-likeness (QED) is 0.932. The van der Waals surface area contributed by atoms with E-state index in [1.807, 2.05) is 32.9 Å². The lowest BCUT2D eigenvalue weighted by Gasteiger charge is -2.34. The summed E-state index contributed by atoms with van der Waals surface area (Å²) in [5.41, 5.74) is 1.84.